The molecule has 2 heteroatoms. The van der Waals surface area contributed by atoms with E-state index in [4.69, 9.17) is 0 Å². The summed E-state index contributed by atoms with van der Waals surface area (Å²) in [7, 11) is 0. The van der Waals surface area contributed by atoms with Crippen LogP contribution in [0.2, 0.25) is 0 Å². The number of hydrogen-bond donors (Lipinski definition) is 1. The summed E-state index contributed by atoms with van der Waals surface area (Å²) in [4.78, 5) is 0. The van der Waals surface area contributed by atoms with E-state index in [-0.39, 0.29) is 0 Å². The molecule has 0 amide bonds. The molecular weight excluding hydrogens is 239 g/mol. The van der Waals surface area contributed by atoms with E-state index in [2.05, 4.69) is 0 Å². The van der Waals surface area contributed by atoms with Crippen LogP contribution in [0.25, 0.3) is 0 Å². The van der Waals surface area contributed by atoms with Crippen molar-refractivity contribution < 1.29 is 4.19 Å². The molecule has 0 spiro atoms. The molecule has 14 heavy (non-hydrogen) atoms. The summed E-state index contributed by atoms with van der Waals surface area (Å²) in [5, 5.41) is 0. The summed E-state index contributed by atoms with van der Waals surface area (Å²) in [5.41, 5.74) is 0. The van der Waals surface area contributed by atoms with Crippen molar-refractivity contribution >= 4 is 23.2 Å². The molecule has 0 aliphatic rings. The molecule has 0 saturated heterocycles. The maximum atomic E-state index is 10.1. The Morgan fingerprint density at radius 1 is 0.643 bits per heavy atom. The van der Waals surface area contributed by atoms with Gasteiger partial charge >= 0.3 is 88.0 Å². The van der Waals surface area contributed by atoms with E-state index in [9.17, 15) is 4.19 Å². The Morgan fingerprint density at radius 2 is 1.00 bits per heavy atom. The molecule has 1 nitrogen and oxygen atoms in total. The Balaban J connectivity index is 2.30. The van der Waals surface area contributed by atoms with Gasteiger partial charge in [-0.1, -0.05) is 0 Å². The van der Waals surface area contributed by atoms with Crippen LogP contribution in [0, 0.1) is 0 Å². The van der Waals surface area contributed by atoms with Crippen LogP contribution in [0.4, 0.5) is 0 Å². The molecular formula is C12H11OSe+. The molecule has 0 saturated carbocycles. The van der Waals surface area contributed by atoms with Gasteiger partial charge in [-0.05, 0) is 0 Å². The zero-order chi connectivity index (χ0) is 9.80. The van der Waals surface area contributed by atoms with E-state index in [0.717, 1.165) is 8.92 Å². The monoisotopic (exact) mass is 251 g/mol. The third kappa shape index (κ3) is 2.05. The Kier molecular flexibility index (Phi) is 2.99. The Bertz CT molecular complexity index is 346. The third-order valence-corrected chi connectivity index (χ3v) is 4.95. The molecule has 0 bridgehead atoms. The van der Waals surface area contributed by atoms with Crippen LogP contribution in [-0.4, -0.2) is 18.4 Å². The molecule has 1 N–H and O–H groups in total. The van der Waals surface area contributed by atoms with Gasteiger partial charge in [0.2, 0.25) is 0 Å². The number of rotatable bonds is 2. The first-order valence-electron chi connectivity index (χ1n) is 4.41. The fourth-order valence-corrected chi connectivity index (χ4v) is 3.55. The Morgan fingerprint density at radius 3 is 1.36 bits per heavy atom. The van der Waals surface area contributed by atoms with Gasteiger partial charge in [-0.15, -0.1) is 0 Å². The van der Waals surface area contributed by atoms with Gasteiger partial charge in [0.05, 0.1) is 0 Å². The van der Waals surface area contributed by atoms with Crippen LogP contribution in [0.1, 0.15) is 0 Å². The standard InChI is InChI=1S/C12H11OSe/c13-14(11-7-3-1-4-8-11)12-9-5-2-6-10-12/h1-10,13H/q+1. The van der Waals surface area contributed by atoms with E-state index in [0.29, 0.717) is 0 Å². The van der Waals surface area contributed by atoms with Crippen molar-refractivity contribution in [2.75, 3.05) is 0 Å². The van der Waals surface area contributed by atoms with Crippen molar-refractivity contribution in [1.82, 2.24) is 0 Å². The SMILES string of the molecule is O[Se+](c1ccccc1)c1ccccc1. The molecule has 0 atom stereocenters. The van der Waals surface area contributed by atoms with Crippen molar-refractivity contribution in [3.05, 3.63) is 60.7 Å². The number of hydrogen-bond acceptors (Lipinski definition) is 1. The minimum absolute atomic E-state index is 1.05. The molecule has 2 rings (SSSR count). The van der Waals surface area contributed by atoms with E-state index in [1.165, 1.54) is 0 Å². The van der Waals surface area contributed by atoms with Crippen molar-refractivity contribution in [2.45, 2.75) is 0 Å². The molecule has 0 heterocycles. The summed E-state index contributed by atoms with van der Waals surface area (Å²) in [6.45, 7) is 0. The first-order valence-corrected chi connectivity index (χ1v) is 6.89. The van der Waals surface area contributed by atoms with E-state index in [1.807, 2.05) is 60.7 Å². The summed E-state index contributed by atoms with van der Waals surface area (Å²) in [5.74, 6) is 0. The van der Waals surface area contributed by atoms with Gasteiger partial charge in [0, 0.05) is 0 Å². The second-order valence-corrected chi connectivity index (χ2v) is 6.08. The van der Waals surface area contributed by atoms with Crippen molar-refractivity contribution in [1.29, 1.82) is 0 Å². The first-order chi connectivity index (χ1) is 6.88. The molecule has 0 aliphatic carbocycles. The van der Waals surface area contributed by atoms with Gasteiger partial charge in [-0.2, -0.15) is 0 Å². The average Bonchev–Trinajstić information content (AvgIpc) is 2.30. The van der Waals surface area contributed by atoms with E-state index in [1.54, 1.807) is 0 Å². The maximum absolute atomic E-state index is 10.1. The van der Waals surface area contributed by atoms with Gasteiger partial charge in [0.1, 0.15) is 0 Å². The summed E-state index contributed by atoms with van der Waals surface area (Å²) >= 11 is -1.78. The second-order valence-electron chi connectivity index (χ2n) is 2.91. The van der Waals surface area contributed by atoms with Crippen molar-refractivity contribution in [3.63, 3.8) is 0 Å². The van der Waals surface area contributed by atoms with Crippen LogP contribution in [-0.2, 0) is 0 Å². The second kappa shape index (κ2) is 4.43. The topological polar surface area (TPSA) is 20.2 Å². The van der Waals surface area contributed by atoms with Gasteiger partial charge < -0.3 is 0 Å². The summed E-state index contributed by atoms with van der Waals surface area (Å²) < 4.78 is 12.2. The van der Waals surface area contributed by atoms with Crippen LogP contribution in [0.5, 0.6) is 0 Å². The summed E-state index contributed by atoms with van der Waals surface area (Å²) in [6.07, 6.45) is 0. The van der Waals surface area contributed by atoms with Crippen molar-refractivity contribution in [2.24, 2.45) is 0 Å². The van der Waals surface area contributed by atoms with Crippen LogP contribution >= 0.6 is 0 Å². The van der Waals surface area contributed by atoms with Gasteiger partial charge in [0.25, 0.3) is 0 Å². The Hall–Kier alpha value is -1.08. The zero-order valence-corrected chi connectivity index (χ0v) is 9.34. The fraction of sp³-hybridized carbons (Fsp3) is 0. The van der Waals surface area contributed by atoms with Crippen molar-refractivity contribution in [3.8, 4) is 0 Å². The molecule has 70 valence electrons. The zero-order valence-electron chi connectivity index (χ0n) is 7.63. The predicted molar refractivity (Wildman–Crippen MR) is 60.1 cm³/mol. The van der Waals surface area contributed by atoms with Crippen LogP contribution < -0.4 is 8.92 Å². The van der Waals surface area contributed by atoms with Crippen LogP contribution in [0.3, 0.4) is 0 Å². The predicted octanol–water partition coefficient (Wildman–Crippen LogP) is 0.785. The molecule has 0 aliphatic heterocycles. The normalized spacial score (nSPS) is 10.4. The third-order valence-electron chi connectivity index (χ3n) is 1.93. The fourth-order valence-electron chi connectivity index (χ4n) is 1.23. The number of benzene rings is 2. The van der Waals surface area contributed by atoms with E-state index < -0.39 is 14.2 Å². The van der Waals surface area contributed by atoms with Gasteiger partial charge in [-0.3, -0.25) is 0 Å². The molecule has 2 aromatic carbocycles. The molecule has 0 fully saturated rings. The van der Waals surface area contributed by atoms with E-state index >= 15 is 0 Å². The Labute approximate surface area is 88.2 Å². The average molecular weight is 250 g/mol. The molecule has 2 aromatic rings. The minimum atomic E-state index is -1.78. The molecule has 0 radical (unpaired) electrons. The summed E-state index contributed by atoms with van der Waals surface area (Å²) in [6, 6.07) is 19.7. The quantitative estimate of drug-likeness (QED) is 0.781. The van der Waals surface area contributed by atoms with Gasteiger partial charge in [-0.25, -0.2) is 0 Å². The first kappa shape index (κ1) is 9.47. The molecule has 0 unspecified atom stereocenters. The molecule has 0 aromatic heterocycles. The van der Waals surface area contributed by atoms with Gasteiger partial charge in [0.15, 0.2) is 0 Å². The van der Waals surface area contributed by atoms with Crippen LogP contribution in [0.15, 0.2) is 60.7 Å².